The summed E-state index contributed by atoms with van der Waals surface area (Å²) < 4.78 is 5.53. The van der Waals surface area contributed by atoms with Gasteiger partial charge in [0.25, 0.3) is 0 Å². The highest BCUT2D eigenvalue weighted by molar-refractivity contribution is 5.77. The van der Waals surface area contributed by atoms with Gasteiger partial charge in [0.15, 0.2) is 0 Å². The third-order valence-corrected chi connectivity index (χ3v) is 4.81. The van der Waals surface area contributed by atoms with Crippen molar-refractivity contribution in [3.63, 3.8) is 0 Å². The Labute approximate surface area is 121 Å². The van der Waals surface area contributed by atoms with E-state index < -0.39 is 0 Å². The molecule has 0 radical (unpaired) electrons. The standard InChI is InChI=1S/C15H25N3O2/c1-3-13(12-16)17-7-9-18(10-8-17)14(19)11-15(20-2)5-4-6-15/h13H,3-11H2,1-2H3. The maximum atomic E-state index is 12.3. The van der Waals surface area contributed by atoms with Crippen LogP contribution in [0.1, 0.15) is 39.0 Å². The van der Waals surface area contributed by atoms with Crippen molar-refractivity contribution in [1.82, 2.24) is 9.80 Å². The van der Waals surface area contributed by atoms with Gasteiger partial charge in [0.1, 0.15) is 0 Å². The molecule has 112 valence electrons. The lowest BCUT2D eigenvalue weighted by molar-refractivity contribution is -0.145. The molecule has 0 bridgehead atoms. The van der Waals surface area contributed by atoms with Crippen LogP contribution < -0.4 is 0 Å². The van der Waals surface area contributed by atoms with E-state index in [9.17, 15) is 4.79 Å². The number of carbonyl (C=O) groups excluding carboxylic acids is 1. The molecule has 2 aliphatic rings. The molecular weight excluding hydrogens is 254 g/mol. The molecule has 5 heteroatoms. The smallest absolute Gasteiger partial charge is 0.225 e. The van der Waals surface area contributed by atoms with E-state index in [1.165, 1.54) is 0 Å². The lowest BCUT2D eigenvalue weighted by Gasteiger charge is -2.42. The molecule has 20 heavy (non-hydrogen) atoms. The Hall–Kier alpha value is -1.12. The van der Waals surface area contributed by atoms with Crippen LogP contribution >= 0.6 is 0 Å². The fraction of sp³-hybridized carbons (Fsp3) is 0.867. The molecule has 0 aromatic heterocycles. The number of nitriles is 1. The summed E-state index contributed by atoms with van der Waals surface area (Å²) in [6, 6.07) is 2.32. The molecule has 2 fully saturated rings. The molecular formula is C15H25N3O2. The Kier molecular flexibility index (Phi) is 5.00. The zero-order chi connectivity index (χ0) is 14.6. The van der Waals surface area contributed by atoms with Crippen LogP contribution in [0.25, 0.3) is 0 Å². The minimum absolute atomic E-state index is 0.01000. The number of methoxy groups -OCH3 is 1. The van der Waals surface area contributed by atoms with Gasteiger partial charge in [0.2, 0.25) is 5.91 Å². The topological polar surface area (TPSA) is 56.6 Å². The summed E-state index contributed by atoms with van der Waals surface area (Å²) in [6.07, 6.45) is 4.52. The summed E-state index contributed by atoms with van der Waals surface area (Å²) in [5.41, 5.74) is -0.188. The van der Waals surface area contributed by atoms with Crippen LogP contribution in [0.15, 0.2) is 0 Å². The van der Waals surface area contributed by atoms with Gasteiger partial charge >= 0.3 is 0 Å². The molecule has 0 N–H and O–H groups in total. The number of carbonyl (C=O) groups is 1. The highest BCUT2D eigenvalue weighted by atomic mass is 16.5. The number of hydrogen-bond donors (Lipinski definition) is 0. The van der Waals surface area contributed by atoms with Crippen molar-refractivity contribution >= 4 is 5.91 Å². The predicted octanol–water partition coefficient (Wildman–Crippen LogP) is 1.39. The SMILES string of the molecule is CCC(C#N)N1CCN(C(=O)CC2(OC)CCC2)CC1. The minimum Gasteiger partial charge on any atom is -0.378 e. The van der Waals surface area contributed by atoms with E-state index in [1.807, 2.05) is 11.8 Å². The highest BCUT2D eigenvalue weighted by Gasteiger charge is 2.40. The summed E-state index contributed by atoms with van der Waals surface area (Å²) >= 11 is 0. The monoisotopic (exact) mass is 279 g/mol. The van der Waals surface area contributed by atoms with Crippen molar-refractivity contribution in [2.75, 3.05) is 33.3 Å². The molecule has 2 rings (SSSR count). The summed E-state index contributed by atoms with van der Waals surface area (Å²) in [5.74, 6) is 0.205. The molecule has 1 saturated carbocycles. The minimum atomic E-state index is -0.188. The van der Waals surface area contributed by atoms with E-state index >= 15 is 0 Å². The van der Waals surface area contributed by atoms with Crippen LogP contribution in [0.4, 0.5) is 0 Å². The third kappa shape index (κ3) is 3.13. The van der Waals surface area contributed by atoms with Gasteiger partial charge in [0.05, 0.1) is 24.1 Å². The van der Waals surface area contributed by atoms with Crippen LogP contribution in [-0.4, -0.2) is 60.6 Å². The van der Waals surface area contributed by atoms with Crippen molar-refractivity contribution in [3.8, 4) is 6.07 Å². The van der Waals surface area contributed by atoms with Gasteiger partial charge in [-0.1, -0.05) is 6.92 Å². The quantitative estimate of drug-likeness (QED) is 0.763. The van der Waals surface area contributed by atoms with Gasteiger partial charge in [0, 0.05) is 33.3 Å². The summed E-state index contributed by atoms with van der Waals surface area (Å²) in [6.45, 7) is 5.10. The van der Waals surface area contributed by atoms with Gasteiger partial charge in [-0.15, -0.1) is 0 Å². The maximum absolute atomic E-state index is 12.3. The Bertz CT molecular complexity index is 374. The molecule has 1 aliphatic carbocycles. The summed E-state index contributed by atoms with van der Waals surface area (Å²) in [7, 11) is 1.71. The van der Waals surface area contributed by atoms with Crippen molar-refractivity contribution in [3.05, 3.63) is 0 Å². The Morgan fingerprint density at radius 2 is 2.00 bits per heavy atom. The summed E-state index contributed by atoms with van der Waals surface area (Å²) in [4.78, 5) is 16.5. The van der Waals surface area contributed by atoms with Gasteiger partial charge < -0.3 is 9.64 Å². The predicted molar refractivity (Wildman–Crippen MR) is 76.1 cm³/mol. The molecule has 5 nitrogen and oxygen atoms in total. The fourth-order valence-corrected chi connectivity index (χ4v) is 3.13. The van der Waals surface area contributed by atoms with E-state index in [1.54, 1.807) is 7.11 Å². The second-order valence-corrected chi connectivity index (χ2v) is 5.89. The average Bonchev–Trinajstić information content (AvgIpc) is 2.45. The molecule has 0 aromatic carbocycles. The number of nitrogens with zero attached hydrogens (tertiary/aromatic N) is 3. The van der Waals surface area contributed by atoms with E-state index in [4.69, 9.17) is 10.00 Å². The number of hydrogen-bond acceptors (Lipinski definition) is 4. The van der Waals surface area contributed by atoms with Crippen LogP contribution in [-0.2, 0) is 9.53 Å². The number of amides is 1. The van der Waals surface area contributed by atoms with Gasteiger partial charge in [-0.2, -0.15) is 5.26 Å². The Morgan fingerprint density at radius 3 is 2.40 bits per heavy atom. The first-order valence-corrected chi connectivity index (χ1v) is 7.61. The lowest BCUT2D eigenvalue weighted by Crippen LogP contribution is -2.53. The number of ether oxygens (including phenoxy) is 1. The number of piperazine rings is 1. The molecule has 1 saturated heterocycles. The second-order valence-electron chi connectivity index (χ2n) is 5.89. The maximum Gasteiger partial charge on any atom is 0.225 e. The molecule has 1 aliphatic heterocycles. The van der Waals surface area contributed by atoms with Gasteiger partial charge in [-0.25, -0.2) is 0 Å². The summed E-state index contributed by atoms with van der Waals surface area (Å²) in [5, 5.41) is 9.09. The fourth-order valence-electron chi connectivity index (χ4n) is 3.13. The highest BCUT2D eigenvalue weighted by Crippen LogP contribution is 2.38. The molecule has 1 atom stereocenters. The molecule has 1 unspecified atom stereocenters. The third-order valence-electron chi connectivity index (χ3n) is 4.81. The van der Waals surface area contributed by atoms with E-state index in [0.29, 0.717) is 6.42 Å². The van der Waals surface area contributed by atoms with Crippen molar-refractivity contribution < 1.29 is 9.53 Å². The molecule has 0 aromatic rings. The zero-order valence-corrected chi connectivity index (χ0v) is 12.6. The first kappa shape index (κ1) is 15.3. The Balaban J connectivity index is 1.81. The zero-order valence-electron chi connectivity index (χ0n) is 12.6. The van der Waals surface area contributed by atoms with Crippen LogP contribution in [0.2, 0.25) is 0 Å². The number of rotatable bonds is 5. The molecule has 1 amide bonds. The largest absolute Gasteiger partial charge is 0.378 e. The van der Waals surface area contributed by atoms with Gasteiger partial charge in [-0.3, -0.25) is 9.69 Å². The lowest BCUT2D eigenvalue weighted by atomic mass is 9.77. The van der Waals surface area contributed by atoms with Crippen molar-refractivity contribution in [2.24, 2.45) is 0 Å². The van der Waals surface area contributed by atoms with Crippen LogP contribution in [0.3, 0.4) is 0 Å². The first-order chi connectivity index (χ1) is 9.64. The van der Waals surface area contributed by atoms with Gasteiger partial charge in [-0.05, 0) is 25.7 Å². The second kappa shape index (κ2) is 6.55. The van der Waals surface area contributed by atoms with E-state index in [-0.39, 0.29) is 17.6 Å². The van der Waals surface area contributed by atoms with Crippen LogP contribution in [0, 0.1) is 11.3 Å². The van der Waals surface area contributed by atoms with E-state index in [2.05, 4.69) is 11.0 Å². The average molecular weight is 279 g/mol. The Morgan fingerprint density at radius 1 is 1.35 bits per heavy atom. The van der Waals surface area contributed by atoms with Crippen molar-refractivity contribution in [2.45, 2.75) is 50.7 Å². The molecule has 0 spiro atoms. The molecule has 1 heterocycles. The van der Waals surface area contributed by atoms with Crippen LogP contribution in [0.5, 0.6) is 0 Å². The van der Waals surface area contributed by atoms with Crippen molar-refractivity contribution in [1.29, 1.82) is 5.26 Å². The normalized spacial score (nSPS) is 23.8. The first-order valence-electron chi connectivity index (χ1n) is 7.61. The van der Waals surface area contributed by atoms with E-state index in [0.717, 1.165) is 51.9 Å².